The molecule has 1 unspecified atom stereocenters. The van der Waals surface area contributed by atoms with E-state index in [4.69, 9.17) is 15.2 Å². The molecule has 0 bridgehead atoms. The monoisotopic (exact) mass is 270 g/mol. The van der Waals surface area contributed by atoms with Gasteiger partial charge in [-0.2, -0.15) is 0 Å². The van der Waals surface area contributed by atoms with E-state index < -0.39 is 5.41 Å². The van der Waals surface area contributed by atoms with Crippen LogP contribution in [0.1, 0.15) is 32.6 Å². The number of methoxy groups -OCH3 is 1. The van der Waals surface area contributed by atoms with Gasteiger partial charge in [0, 0.05) is 40.0 Å². The number of nitrogens with two attached hydrogens (primary N) is 1. The molecule has 2 rings (SSSR count). The third-order valence-electron chi connectivity index (χ3n) is 4.73. The summed E-state index contributed by atoms with van der Waals surface area (Å²) in [6, 6.07) is 0. The first-order valence-electron chi connectivity index (χ1n) is 7.18. The minimum Gasteiger partial charge on any atom is -0.381 e. The fraction of sp³-hybridized carbons (Fsp3) is 0.929. The van der Waals surface area contributed by atoms with Crippen LogP contribution in [-0.2, 0) is 14.3 Å². The van der Waals surface area contributed by atoms with Gasteiger partial charge in [-0.15, -0.1) is 0 Å². The number of likely N-dealkylation sites (tertiary alicyclic amines) is 1. The summed E-state index contributed by atoms with van der Waals surface area (Å²) in [5, 5.41) is 0. The molecule has 1 amide bonds. The van der Waals surface area contributed by atoms with Gasteiger partial charge in [0.1, 0.15) is 0 Å². The predicted molar refractivity (Wildman–Crippen MR) is 72.8 cm³/mol. The van der Waals surface area contributed by atoms with Crippen molar-refractivity contribution in [1.82, 2.24) is 4.90 Å². The number of carbonyl (C=O) groups excluding carboxylic acids is 1. The molecule has 2 saturated heterocycles. The highest BCUT2D eigenvalue weighted by molar-refractivity contribution is 5.83. The number of hydrogen-bond acceptors (Lipinski definition) is 4. The van der Waals surface area contributed by atoms with E-state index in [9.17, 15) is 4.79 Å². The zero-order chi connectivity index (χ0) is 13.9. The van der Waals surface area contributed by atoms with Crippen molar-refractivity contribution in [3.63, 3.8) is 0 Å². The molecular weight excluding hydrogens is 244 g/mol. The quantitative estimate of drug-likeness (QED) is 0.822. The standard InChI is InChI=1S/C14H26N2O3/c1-13(18-2)4-3-7-16(11-13)12(17)14(10-15)5-8-19-9-6-14/h3-11,15H2,1-2H3. The maximum absolute atomic E-state index is 12.8. The Labute approximate surface area is 115 Å². The molecule has 110 valence electrons. The molecule has 2 N–H and O–H groups in total. The second-order valence-electron chi connectivity index (χ2n) is 6.08. The van der Waals surface area contributed by atoms with Crippen LogP contribution in [-0.4, -0.2) is 56.4 Å². The number of amides is 1. The van der Waals surface area contributed by atoms with E-state index in [-0.39, 0.29) is 11.5 Å². The number of hydrogen-bond donors (Lipinski definition) is 1. The summed E-state index contributed by atoms with van der Waals surface area (Å²) in [5.74, 6) is 0.196. The summed E-state index contributed by atoms with van der Waals surface area (Å²) in [5.41, 5.74) is 5.29. The third kappa shape index (κ3) is 2.93. The summed E-state index contributed by atoms with van der Waals surface area (Å²) in [7, 11) is 1.72. The molecule has 0 saturated carbocycles. The normalized spacial score (nSPS) is 31.2. The Morgan fingerprint density at radius 1 is 1.37 bits per heavy atom. The largest absolute Gasteiger partial charge is 0.381 e. The lowest BCUT2D eigenvalue weighted by atomic mass is 9.78. The SMILES string of the molecule is COC1(C)CCCN(C(=O)C2(CN)CCOCC2)C1. The van der Waals surface area contributed by atoms with Crippen molar-refractivity contribution in [2.45, 2.75) is 38.2 Å². The molecule has 2 aliphatic rings. The fourth-order valence-electron chi connectivity index (χ4n) is 3.15. The second kappa shape index (κ2) is 5.77. The lowest BCUT2D eigenvalue weighted by Gasteiger charge is -2.44. The van der Waals surface area contributed by atoms with Gasteiger partial charge in [0.2, 0.25) is 5.91 Å². The van der Waals surface area contributed by atoms with E-state index >= 15 is 0 Å². The van der Waals surface area contributed by atoms with Gasteiger partial charge in [0.05, 0.1) is 11.0 Å². The van der Waals surface area contributed by atoms with Crippen LogP contribution in [0.3, 0.4) is 0 Å². The maximum Gasteiger partial charge on any atom is 0.230 e. The smallest absolute Gasteiger partial charge is 0.230 e. The van der Waals surface area contributed by atoms with Crippen molar-refractivity contribution < 1.29 is 14.3 Å². The van der Waals surface area contributed by atoms with Crippen molar-refractivity contribution in [2.24, 2.45) is 11.1 Å². The Morgan fingerprint density at radius 2 is 2.05 bits per heavy atom. The number of rotatable bonds is 3. The first kappa shape index (κ1) is 14.8. The van der Waals surface area contributed by atoms with Crippen molar-refractivity contribution in [3.8, 4) is 0 Å². The molecule has 0 aliphatic carbocycles. The van der Waals surface area contributed by atoms with Crippen LogP contribution in [0.25, 0.3) is 0 Å². The van der Waals surface area contributed by atoms with E-state index in [1.807, 2.05) is 4.90 Å². The number of ether oxygens (including phenoxy) is 2. The van der Waals surface area contributed by atoms with Crippen LogP contribution < -0.4 is 5.73 Å². The minimum absolute atomic E-state index is 0.196. The second-order valence-corrected chi connectivity index (χ2v) is 6.08. The Hall–Kier alpha value is -0.650. The highest BCUT2D eigenvalue weighted by Crippen LogP contribution is 2.34. The van der Waals surface area contributed by atoms with Crippen LogP contribution >= 0.6 is 0 Å². The van der Waals surface area contributed by atoms with E-state index in [2.05, 4.69) is 6.92 Å². The first-order chi connectivity index (χ1) is 9.05. The van der Waals surface area contributed by atoms with Gasteiger partial charge in [0.25, 0.3) is 0 Å². The van der Waals surface area contributed by atoms with Crippen molar-refractivity contribution in [1.29, 1.82) is 0 Å². The van der Waals surface area contributed by atoms with Gasteiger partial charge in [-0.05, 0) is 32.6 Å². The summed E-state index contributed by atoms with van der Waals surface area (Å²) in [4.78, 5) is 14.8. The number of piperidine rings is 1. The highest BCUT2D eigenvalue weighted by atomic mass is 16.5. The van der Waals surface area contributed by atoms with E-state index in [1.54, 1.807) is 7.11 Å². The van der Waals surface area contributed by atoms with Crippen LogP contribution in [0, 0.1) is 5.41 Å². The van der Waals surface area contributed by atoms with E-state index in [0.29, 0.717) is 26.3 Å². The molecule has 0 radical (unpaired) electrons. The summed E-state index contributed by atoms with van der Waals surface area (Å²) in [6.45, 7) is 5.25. The summed E-state index contributed by atoms with van der Waals surface area (Å²) in [6.07, 6.45) is 3.48. The molecule has 2 fully saturated rings. The molecule has 0 aromatic carbocycles. The molecule has 2 heterocycles. The van der Waals surface area contributed by atoms with Gasteiger partial charge >= 0.3 is 0 Å². The Balaban J connectivity index is 2.09. The average Bonchev–Trinajstić information content (AvgIpc) is 2.47. The van der Waals surface area contributed by atoms with Crippen molar-refractivity contribution in [2.75, 3.05) is 40.0 Å². The molecular formula is C14H26N2O3. The van der Waals surface area contributed by atoms with Crippen LogP contribution in [0.2, 0.25) is 0 Å². The fourth-order valence-corrected chi connectivity index (χ4v) is 3.15. The molecule has 19 heavy (non-hydrogen) atoms. The van der Waals surface area contributed by atoms with Gasteiger partial charge in [-0.1, -0.05) is 0 Å². The van der Waals surface area contributed by atoms with Gasteiger partial charge in [0.15, 0.2) is 0 Å². The molecule has 1 atom stereocenters. The van der Waals surface area contributed by atoms with E-state index in [0.717, 1.165) is 32.2 Å². The molecule has 0 aromatic rings. The van der Waals surface area contributed by atoms with Crippen LogP contribution in [0.15, 0.2) is 0 Å². The molecule has 0 aromatic heterocycles. The lowest BCUT2D eigenvalue weighted by molar-refractivity contribution is -0.154. The number of nitrogens with zero attached hydrogens (tertiary/aromatic N) is 1. The summed E-state index contributed by atoms with van der Waals surface area (Å²) < 4.78 is 10.9. The molecule has 0 spiro atoms. The topological polar surface area (TPSA) is 64.8 Å². The lowest BCUT2D eigenvalue weighted by Crippen LogP contribution is -2.56. The zero-order valence-electron chi connectivity index (χ0n) is 12.1. The molecule has 5 nitrogen and oxygen atoms in total. The van der Waals surface area contributed by atoms with Gasteiger partial charge < -0.3 is 20.1 Å². The maximum atomic E-state index is 12.8. The van der Waals surface area contributed by atoms with Crippen molar-refractivity contribution >= 4 is 5.91 Å². The highest BCUT2D eigenvalue weighted by Gasteiger charge is 2.44. The van der Waals surface area contributed by atoms with E-state index in [1.165, 1.54) is 0 Å². The zero-order valence-corrected chi connectivity index (χ0v) is 12.1. The number of carbonyl (C=O) groups is 1. The third-order valence-corrected chi connectivity index (χ3v) is 4.73. The predicted octanol–water partition coefficient (Wildman–Crippen LogP) is 0.769. The Bertz CT molecular complexity index is 329. The Kier molecular flexibility index (Phi) is 4.48. The van der Waals surface area contributed by atoms with Crippen LogP contribution in [0.5, 0.6) is 0 Å². The van der Waals surface area contributed by atoms with Gasteiger partial charge in [-0.25, -0.2) is 0 Å². The summed E-state index contributed by atoms with van der Waals surface area (Å²) >= 11 is 0. The van der Waals surface area contributed by atoms with Crippen molar-refractivity contribution in [3.05, 3.63) is 0 Å². The average molecular weight is 270 g/mol. The Morgan fingerprint density at radius 3 is 2.63 bits per heavy atom. The first-order valence-corrected chi connectivity index (χ1v) is 7.18. The van der Waals surface area contributed by atoms with Crippen LogP contribution in [0.4, 0.5) is 0 Å². The van der Waals surface area contributed by atoms with Gasteiger partial charge in [-0.3, -0.25) is 4.79 Å². The molecule has 5 heteroatoms. The minimum atomic E-state index is -0.412. The molecule has 2 aliphatic heterocycles.